The van der Waals surface area contributed by atoms with E-state index in [-0.39, 0.29) is 6.61 Å². The second-order valence-electron chi connectivity index (χ2n) is 6.93. The number of nitrogens with one attached hydrogen (secondary N) is 1. The molecule has 2 aromatic rings. The maximum Gasteiger partial charge on any atom is 0.338 e. The molecule has 8 nitrogen and oxygen atoms in total. The highest BCUT2D eigenvalue weighted by Crippen LogP contribution is 2.26. The normalized spacial score (nSPS) is 16.0. The molecule has 1 fully saturated rings. The van der Waals surface area contributed by atoms with Gasteiger partial charge in [-0.15, -0.1) is 0 Å². The number of hydrogen-bond acceptors (Lipinski definition) is 5. The molecule has 1 saturated heterocycles. The highest BCUT2D eigenvalue weighted by molar-refractivity contribution is 6.16. The van der Waals surface area contributed by atoms with Gasteiger partial charge in [0.15, 0.2) is 0 Å². The predicted molar refractivity (Wildman–Crippen MR) is 111 cm³/mol. The topological polar surface area (TPSA) is 96.0 Å². The van der Waals surface area contributed by atoms with E-state index in [1.54, 1.807) is 38.1 Å². The smallest absolute Gasteiger partial charge is 0.338 e. The number of nitrogens with zero attached hydrogens (tertiary/aromatic N) is 2. The third kappa shape index (κ3) is 4.32. The average Bonchev–Trinajstić information content (AvgIpc) is 2.93. The van der Waals surface area contributed by atoms with Crippen LogP contribution >= 0.6 is 0 Å². The Bertz CT molecular complexity index is 969. The van der Waals surface area contributed by atoms with Crippen molar-refractivity contribution in [2.75, 3.05) is 23.4 Å². The van der Waals surface area contributed by atoms with Crippen LogP contribution in [0.1, 0.15) is 29.8 Å². The van der Waals surface area contributed by atoms with Crippen LogP contribution in [-0.4, -0.2) is 47.9 Å². The summed E-state index contributed by atoms with van der Waals surface area (Å²) in [5.74, 6) is -1.40. The fraction of sp³-hybridized carbons (Fsp3) is 0.273. The van der Waals surface area contributed by atoms with Crippen molar-refractivity contribution < 1.29 is 23.9 Å². The number of esters is 1. The lowest BCUT2D eigenvalue weighted by atomic mass is 10.2. The van der Waals surface area contributed by atoms with Gasteiger partial charge in [0, 0.05) is 11.4 Å². The van der Waals surface area contributed by atoms with E-state index in [9.17, 15) is 19.2 Å². The van der Waals surface area contributed by atoms with Crippen molar-refractivity contribution in [1.29, 1.82) is 0 Å². The van der Waals surface area contributed by atoms with Gasteiger partial charge in [-0.25, -0.2) is 9.59 Å². The minimum Gasteiger partial charge on any atom is -0.462 e. The van der Waals surface area contributed by atoms with Crippen molar-refractivity contribution in [3.05, 3.63) is 59.7 Å². The Labute approximate surface area is 174 Å². The molecule has 4 amide bonds. The van der Waals surface area contributed by atoms with Gasteiger partial charge in [-0.05, 0) is 57.2 Å². The first kappa shape index (κ1) is 21.0. The number of ether oxygens (including phenoxy) is 1. The number of carbonyl (C=O) groups is 4. The Balaban J connectivity index is 1.66. The van der Waals surface area contributed by atoms with Gasteiger partial charge in [0.25, 0.3) is 5.91 Å². The summed E-state index contributed by atoms with van der Waals surface area (Å²) in [4.78, 5) is 51.8. The van der Waals surface area contributed by atoms with Gasteiger partial charge in [0.05, 0.1) is 12.2 Å². The first-order valence-corrected chi connectivity index (χ1v) is 9.60. The number of imide groups is 1. The van der Waals surface area contributed by atoms with Gasteiger partial charge in [-0.2, -0.15) is 0 Å². The van der Waals surface area contributed by atoms with Crippen LogP contribution in [0.3, 0.4) is 0 Å². The van der Waals surface area contributed by atoms with Crippen molar-refractivity contribution in [2.45, 2.75) is 26.8 Å². The molecule has 1 aliphatic heterocycles. The molecule has 0 radical (unpaired) electrons. The summed E-state index contributed by atoms with van der Waals surface area (Å²) in [5, 5.41) is 2.63. The van der Waals surface area contributed by atoms with Gasteiger partial charge in [0.2, 0.25) is 5.91 Å². The second kappa shape index (κ2) is 8.77. The molecule has 1 N–H and O–H groups in total. The molecule has 0 aliphatic carbocycles. The predicted octanol–water partition coefficient (Wildman–Crippen LogP) is 2.97. The van der Waals surface area contributed by atoms with Gasteiger partial charge in [-0.1, -0.05) is 17.7 Å². The molecule has 0 bridgehead atoms. The number of aryl methyl sites for hydroxylation is 1. The third-order valence-electron chi connectivity index (χ3n) is 4.74. The van der Waals surface area contributed by atoms with E-state index in [0.29, 0.717) is 16.9 Å². The largest absolute Gasteiger partial charge is 0.462 e. The van der Waals surface area contributed by atoms with Crippen molar-refractivity contribution in [2.24, 2.45) is 0 Å². The van der Waals surface area contributed by atoms with Gasteiger partial charge >= 0.3 is 12.0 Å². The average molecular weight is 409 g/mol. The van der Waals surface area contributed by atoms with Crippen LogP contribution in [0.2, 0.25) is 0 Å². The Morgan fingerprint density at radius 1 is 1.03 bits per heavy atom. The summed E-state index contributed by atoms with van der Waals surface area (Å²) in [6, 6.07) is 12.2. The van der Waals surface area contributed by atoms with E-state index < -0.39 is 36.4 Å². The number of amides is 4. The Kier molecular flexibility index (Phi) is 6.15. The lowest BCUT2D eigenvalue weighted by Gasteiger charge is -2.19. The zero-order valence-corrected chi connectivity index (χ0v) is 17.0. The van der Waals surface area contributed by atoms with Gasteiger partial charge in [0.1, 0.15) is 12.6 Å². The second-order valence-corrected chi connectivity index (χ2v) is 6.93. The highest BCUT2D eigenvalue weighted by Gasteiger charge is 2.44. The molecule has 1 aliphatic rings. The zero-order chi connectivity index (χ0) is 21.8. The first-order chi connectivity index (χ1) is 14.3. The summed E-state index contributed by atoms with van der Waals surface area (Å²) >= 11 is 0. The number of carbonyl (C=O) groups excluding carboxylic acids is 4. The van der Waals surface area contributed by atoms with Gasteiger partial charge < -0.3 is 10.1 Å². The van der Waals surface area contributed by atoms with E-state index >= 15 is 0 Å². The van der Waals surface area contributed by atoms with Crippen LogP contribution < -0.4 is 10.2 Å². The van der Waals surface area contributed by atoms with E-state index in [4.69, 9.17) is 4.74 Å². The molecular weight excluding hydrogens is 386 g/mol. The molecule has 1 heterocycles. The molecule has 8 heteroatoms. The van der Waals surface area contributed by atoms with Crippen LogP contribution in [0, 0.1) is 6.92 Å². The fourth-order valence-corrected chi connectivity index (χ4v) is 3.16. The summed E-state index contributed by atoms with van der Waals surface area (Å²) in [5.41, 5.74) is 2.44. The van der Waals surface area contributed by atoms with Crippen molar-refractivity contribution in [3.63, 3.8) is 0 Å². The van der Waals surface area contributed by atoms with Crippen molar-refractivity contribution in [1.82, 2.24) is 4.90 Å². The van der Waals surface area contributed by atoms with Crippen LogP contribution in [0.5, 0.6) is 0 Å². The highest BCUT2D eigenvalue weighted by atomic mass is 16.5. The van der Waals surface area contributed by atoms with E-state index in [1.165, 1.54) is 17.0 Å². The van der Waals surface area contributed by atoms with E-state index in [1.807, 2.05) is 19.1 Å². The lowest BCUT2D eigenvalue weighted by Crippen LogP contribution is -2.39. The van der Waals surface area contributed by atoms with E-state index in [0.717, 1.165) is 10.5 Å². The fourth-order valence-electron chi connectivity index (χ4n) is 3.16. The molecule has 0 unspecified atom stereocenters. The quantitative estimate of drug-likeness (QED) is 0.585. The summed E-state index contributed by atoms with van der Waals surface area (Å²) in [6.45, 7) is 5.15. The number of benzene rings is 2. The SMILES string of the molecule is CCOC(=O)c1ccc(NC(=O)CN2C(=O)[C@@H](C)N(c3ccc(C)cc3)C2=O)cc1. The maximum absolute atomic E-state index is 12.8. The van der Waals surface area contributed by atoms with Crippen LogP contribution in [0.4, 0.5) is 16.2 Å². The molecule has 0 saturated carbocycles. The summed E-state index contributed by atoms with van der Waals surface area (Å²) < 4.78 is 4.91. The number of anilines is 2. The molecule has 0 spiro atoms. The minimum atomic E-state index is -0.697. The number of urea groups is 1. The van der Waals surface area contributed by atoms with Crippen LogP contribution in [-0.2, 0) is 14.3 Å². The monoisotopic (exact) mass is 409 g/mol. The molecule has 3 rings (SSSR count). The van der Waals surface area contributed by atoms with E-state index in [2.05, 4.69) is 5.32 Å². The maximum atomic E-state index is 12.8. The first-order valence-electron chi connectivity index (χ1n) is 9.60. The van der Waals surface area contributed by atoms with Crippen molar-refractivity contribution in [3.8, 4) is 0 Å². The zero-order valence-electron chi connectivity index (χ0n) is 17.0. The number of hydrogen-bond donors (Lipinski definition) is 1. The Morgan fingerprint density at radius 3 is 2.27 bits per heavy atom. The lowest BCUT2D eigenvalue weighted by molar-refractivity contribution is -0.130. The molecule has 2 aromatic carbocycles. The number of rotatable bonds is 6. The van der Waals surface area contributed by atoms with Crippen LogP contribution in [0.15, 0.2) is 48.5 Å². The third-order valence-corrected chi connectivity index (χ3v) is 4.74. The molecule has 156 valence electrons. The summed E-state index contributed by atoms with van der Waals surface area (Å²) in [6.07, 6.45) is 0. The standard InChI is InChI=1S/C22H23N3O5/c1-4-30-21(28)16-7-9-17(10-8-16)23-19(26)13-24-20(27)15(3)25(22(24)29)18-11-5-14(2)6-12-18/h5-12,15H,4,13H2,1-3H3,(H,23,26)/t15-/m1/s1. The molecule has 0 aromatic heterocycles. The molecule has 30 heavy (non-hydrogen) atoms. The van der Waals surface area contributed by atoms with Gasteiger partial charge in [-0.3, -0.25) is 19.4 Å². The Hall–Kier alpha value is -3.68. The summed E-state index contributed by atoms with van der Waals surface area (Å²) in [7, 11) is 0. The van der Waals surface area contributed by atoms with Crippen molar-refractivity contribution >= 4 is 35.2 Å². The molecular formula is C22H23N3O5. The van der Waals surface area contributed by atoms with Crippen LogP contribution in [0.25, 0.3) is 0 Å². The molecule has 1 atom stereocenters. The minimum absolute atomic E-state index is 0.271. The Morgan fingerprint density at radius 2 is 1.67 bits per heavy atom.